The lowest BCUT2D eigenvalue weighted by atomic mass is 9.98. The Bertz CT molecular complexity index is 690. The number of allylic oxidation sites excluding steroid dienone is 1. The summed E-state index contributed by atoms with van der Waals surface area (Å²) in [4.78, 5) is 13.0. The van der Waals surface area contributed by atoms with Crippen LogP contribution in [0.2, 0.25) is 0 Å². The van der Waals surface area contributed by atoms with Crippen LogP contribution in [0.5, 0.6) is 0 Å². The molecule has 0 amide bonds. The minimum absolute atomic E-state index is 0.0217. The molecule has 1 heterocycles. The van der Waals surface area contributed by atoms with Crippen LogP contribution in [0, 0.1) is 38.7 Å². The number of nitro benzene ring substituents is 1. The molecule has 0 aliphatic carbocycles. The van der Waals surface area contributed by atoms with E-state index in [4.69, 9.17) is 10.5 Å². The average molecular weight is 311 g/mol. The van der Waals surface area contributed by atoms with Crippen LogP contribution < -0.4 is 10.2 Å². The monoisotopic (exact) mass is 311 g/mol. The molecule has 1 aliphatic rings. The lowest BCUT2D eigenvalue weighted by Crippen LogP contribution is -2.33. The van der Waals surface area contributed by atoms with Gasteiger partial charge in [-0.25, -0.2) is 0 Å². The van der Waals surface area contributed by atoms with Crippen LogP contribution in [0.25, 0.3) is 0 Å². The van der Waals surface area contributed by atoms with E-state index >= 15 is 0 Å². The van der Waals surface area contributed by atoms with Gasteiger partial charge in [-0.15, -0.1) is 0 Å². The van der Waals surface area contributed by atoms with Gasteiger partial charge in [-0.3, -0.25) is 10.1 Å². The number of hydrogen-bond acceptors (Lipinski definition) is 6. The van der Waals surface area contributed by atoms with Crippen molar-refractivity contribution in [3.8, 4) is 12.1 Å². The molecule has 0 bridgehead atoms. The number of nitriles is 2. The molecular formula is C16H17N5O2. The molecule has 0 saturated carbocycles. The molecule has 0 atom stereocenters. The third-order valence-corrected chi connectivity index (χ3v) is 3.92. The van der Waals surface area contributed by atoms with Gasteiger partial charge < -0.3 is 10.2 Å². The Hall–Kier alpha value is -3.06. The topological polar surface area (TPSA) is 106 Å². The second-order valence-electron chi connectivity index (χ2n) is 5.56. The molecule has 1 aromatic rings. The fourth-order valence-corrected chi connectivity index (χ4v) is 2.52. The highest BCUT2D eigenvalue weighted by Crippen LogP contribution is 2.33. The highest BCUT2D eigenvalue weighted by Gasteiger charge is 2.23. The molecule has 1 aliphatic heterocycles. The number of piperidine rings is 1. The van der Waals surface area contributed by atoms with Crippen LogP contribution in [0.15, 0.2) is 30.0 Å². The SMILES string of the molecule is CC1CCN(c2ccc(NC=C(C#N)C#N)cc2[N+](=O)[O-])CC1. The molecule has 2 rings (SSSR count). The van der Waals surface area contributed by atoms with E-state index in [9.17, 15) is 10.1 Å². The fraction of sp³-hybridized carbons (Fsp3) is 0.375. The zero-order valence-corrected chi connectivity index (χ0v) is 12.8. The third-order valence-electron chi connectivity index (χ3n) is 3.92. The van der Waals surface area contributed by atoms with E-state index in [0.29, 0.717) is 17.3 Å². The molecule has 1 N–H and O–H groups in total. The maximum absolute atomic E-state index is 11.4. The van der Waals surface area contributed by atoms with Gasteiger partial charge in [0.2, 0.25) is 0 Å². The van der Waals surface area contributed by atoms with E-state index in [0.717, 1.165) is 25.9 Å². The van der Waals surface area contributed by atoms with E-state index in [1.807, 2.05) is 4.90 Å². The van der Waals surface area contributed by atoms with Gasteiger partial charge in [0.25, 0.3) is 5.69 Å². The molecule has 1 aromatic carbocycles. The first kappa shape index (κ1) is 16.3. The summed E-state index contributed by atoms with van der Waals surface area (Å²) in [6, 6.07) is 8.29. The highest BCUT2D eigenvalue weighted by atomic mass is 16.6. The largest absolute Gasteiger partial charge is 0.366 e. The zero-order chi connectivity index (χ0) is 16.8. The Morgan fingerprint density at radius 1 is 1.39 bits per heavy atom. The standard InChI is InChI=1S/C16H17N5O2/c1-12-4-6-20(7-5-12)15-3-2-14(8-16(15)21(22)23)19-11-13(9-17)10-18/h2-3,8,11-12,19H,4-7H2,1H3. The van der Waals surface area contributed by atoms with Gasteiger partial charge in [-0.2, -0.15) is 10.5 Å². The number of nitro groups is 1. The Balaban J connectivity index is 2.25. The molecule has 0 unspecified atom stereocenters. The van der Waals surface area contributed by atoms with E-state index < -0.39 is 4.92 Å². The Morgan fingerprint density at radius 3 is 2.61 bits per heavy atom. The van der Waals surface area contributed by atoms with Gasteiger partial charge in [-0.1, -0.05) is 6.92 Å². The smallest absolute Gasteiger partial charge is 0.294 e. The van der Waals surface area contributed by atoms with E-state index in [2.05, 4.69) is 12.2 Å². The summed E-state index contributed by atoms with van der Waals surface area (Å²) >= 11 is 0. The second-order valence-corrected chi connectivity index (χ2v) is 5.56. The number of nitrogens with one attached hydrogen (secondary N) is 1. The lowest BCUT2D eigenvalue weighted by Gasteiger charge is -2.31. The summed E-state index contributed by atoms with van der Waals surface area (Å²) in [6.07, 6.45) is 3.28. The van der Waals surface area contributed by atoms with Crippen molar-refractivity contribution >= 4 is 17.1 Å². The zero-order valence-electron chi connectivity index (χ0n) is 12.8. The van der Waals surface area contributed by atoms with Gasteiger partial charge in [0.1, 0.15) is 23.4 Å². The molecular weight excluding hydrogens is 294 g/mol. The normalized spacial score (nSPS) is 14.5. The van der Waals surface area contributed by atoms with Crippen molar-refractivity contribution in [3.05, 3.63) is 40.1 Å². The highest BCUT2D eigenvalue weighted by molar-refractivity contribution is 5.70. The predicted molar refractivity (Wildman–Crippen MR) is 86.6 cm³/mol. The number of anilines is 2. The predicted octanol–water partition coefficient (Wildman–Crippen LogP) is 3.17. The number of hydrogen-bond donors (Lipinski definition) is 1. The molecule has 118 valence electrons. The van der Waals surface area contributed by atoms with Gasteiger partial charge >= 0.3 is 0 Å². The van der Waals surface area contributed by atoms with Crippen molar-refractivity contribution in [1.29, 1.82) is 10.5 Å². The molecule has 7 nitrogen and oxygen atoms in total. The fourth-order valence-electron chi connectivity index (χ4n) is 2.52. The van der Waals surface area contributed by atoms with Crippen LogP contribution in [0.4, 0.5) is 17.1 Å². The maximum Gasteiger partial charge on any atom is 0.294 e. The summed E-state index contributed by atoms with van der Waals surface area (Å²) in [6.45, 7) is 3.80. The Labute approximate surface area is 134 Å². The summed E-state index contributed by atoms with van der Waals surface area (Å²) in [7, 11) is 0. The van der Waals surface area contributed by atoms with Gasteiger partial charge in [0.15, 0.2) is 0 Å². The van der Waals surface area contributed by atoms with Gasteiger partial charge in [0, 0.05) is 31.0 Å². The van der Waals surface area contributed by atoms with Crippen LogP contribution in [0.3, 0.4) is 0 Å². The summed E-state index contributed by atoms with van der Waals surface area (Å²) in [5, 5.41) is 31.5. The summed E-state index contributed by atoms with van der Waals surface area (Å²) in [5.74, 6) is 0.645. The van der Waals surface area contributed by atoms with Crippen molar-refractivity contribution in [1.82, 2.24) is 0 Å². The number of nitrogens with zero attached hydrogens (tertiary/aromatic N) is 4. The number of benzene rings is 1. The molecule has 7 heteroatoms. The van der Waals surface area contributed by atoms with Gasteiger partial charge in [0.05, 0.1) is 4.92 Å². The minimum atomic E-state index is -0.405. The Morgan fingerprint density at radius 2 is 2.04 bits per heavy atom. The van der Waals surface area contributed by atoms with Crippen molar-refractivity contribution in [2.24, 2.45) is 5.92 Å². The molecule has 23 heavy (non-hydrogen) atoms. The van der Waals surface area contributed by atoms with Gasteiger partial charge in [-0.05, 0) is 30.9 Å². The first-order valence-corrected chi connectivity index (χ1v) is 7.35. The summed E-state index contributed by atoms with van der Waals surface area (Å²) in [5.41, 5.74) is 1.00. The van der Waals surface area contributed by atoms with E-state index in [1.54, 1.807) is 24.3 Å². The quantitative estimate of drug-likeness (QED) is 0.520. The van der Waals surface area contributed by atoms with Crippen molar-refractivity contribution in [2.75, 3.05) is 23.3 Å². The van der Waals surface area contributed by atoms with Crippen LogP contribution in [0.1, 0.15) is 19.8 Å². The first-order chi connectivity index (χ1) is 11.0. The number of rotatable bonds is 4. The van der Waals surface area contributed by atoms with Crippen LogP contribution in [-0.2, 0) is 0 Å². The molecule has 1 saturated heterocycles. The molecule has 0 radical (unpaired) electrons. The van der Waals surface area contributed by atoms with E-state index in [-0.39, 0.29) is 11.3 Å². The maximum atomic E-state index is 11.4. The first-order valence-electron chi connectivity index (χ1n) is 7.35. The third kappa shape index (κ3) is 3.98. The Kier molecular flexibility index (Phi) is 5.16. The van der Waals surface area contributed by atoms with Crippen molar-refractivity contribution < 1.29 is 4.92 Å². The lowest BCUT2D eigenvalue weighted by molar-refractivity contribution is -0.384. The summed E-state index contributed by atoms with van der Waals surface area (Å²) < 4.78 is 0. The van der Waals surface area contributed by atoms with Crippen molar-refractivity contribution in [2.45, 2.75) is 19.8 Å². The minimum Gasteiger partial charge on any atom is -0.366 e. The van der Waals surface area contributed by atoms with Crippen LogP contribution in [-0.4, -0.2) is 18.0 Å². The van der Waals surface area contributed by atoms with Crippen LogP contribution >= 0.6 is 0 Å². The van der Waals surface area contributed by atoms with Crippen molar-refractivity contribution in [3.63, 3.8) is 0 Å². The van der Waals surface area contributed by atoms with E-state index in [1.165, 1.54) is 12.3 Å². The molecule has 0 spiro atoms. The average Bonchev–Trinajstić information content (AvgIpc) is 2.56. The molecule has 0 aromatic heterocycles. The molecule has 1 fully saturated rings. The second kappa shape index (κ2) is 7.28.